The predicted molar refractivity (Wildman–Crippen MR) is 80.6 cm³/mol. The highest BCUT2D eigenvalue weighted by Crippen LogP contribution is 2.26. The van der Waals surface area contributed by atoms with Crippen molar-refractivity contribution >= 4 is 29.0 Å². The first-order valence-electron chi connectivity index (χ1n) is 6.00. The van der Waals surface area contributed by atoms with E-state index in [0.29, 0.717) is 6.42 Å². The van der Waals surface area contributed by atoms with Crippen molar-refractivity contribution in [2.45, 2.75) is 23.4 Å². The average molecular weight is 292 g/mol. The van der Waals surface area contributed by atoms with Gasteiger partial charge in [-0.25, -0.2) is 4.98 Å². The van der Waals surface area contributed by atoms with Crippen LogP contribution >= 0.6 is 23.1 Å². The molecule has 0 aliphatic heterocycles. The molecule has 0 aliphatic carbocycles. The van der Waals surface area contributed by atoms with Gasteiger partial charge in [-0.3, -0.25) is 4.79 Å². The maximum absolute atomic E-state index is 11.2. The van der Waals surface area contributed by atoms with Crippen LogP contribution in [0.25, 0.3) is 0 Å². The summed E-state index contributed by atoms with van der Waals surface area (Å²) in [5.74, 6) is 0.910. The Hall–Kier alpha value is -1.33. The second-order valence-electron chi connectivity index (χ2n) is 4.23. The summed E-state index contributed by atoms with van der Waals surface area (Å²) in [6, 6.07) is 8.52. The zero-order chi connectivity index (χ0) is 13.7. The number of carbonyl (C=O) groups is 1. The molecule has 1 aromatic heterocycles. The Bertz CT molecular complexity index is 549. The number of thiazole rings is 1. The van der Waals surface area contributed by atoms with Crippen molar-refractivity contribution < 1.29 is 4.79 Å². The number of aromatic nitrogens is 1. The van der Waals surface area contributed by atoms with Crippen LogP contribution in [0.3, 0.4) is 0 Å². The summed E-state index contributed by atoms with van der Waals surface area (Å²) >= 11 is 3.31. The van der Waals surface area contributed by atoms with Crippen LogP contribution in [-0.2, 0) is 17.0 Å². The van der Waals surface area contributed by atoms with Crippen LogP contribution in [0, 0.1) is 6.92 Å². The monoisotopic (exact) mass is 292 g/mol. The molecule has 19 heavy (non-hydrogen) atoms. The normalized spacial score (nSPS) is 10.4. The van der Waals surface area contributed by atoms with Crippen molar-refractivity contribution in [2.75, 3.05) is 7.05 Å². The Labute approximate surface area is 121 Å². The highest BCUT2D eigenvalue weighted by Gasteiger charge is 2.06. The Morgan fingerprint density at radius 2 is 2.11 bits per heavy atom. The molecule has 0 saturated heterocycles. The summed E-state index contributed by atoms with van der Waals surface area (Å²) in [5, 5.41) is 4.56. The standard InChI is InChI=1S/C14H16N2OS2/c1-10-3-5-11(6-4-10)8-18-14-16-12(9-19-14)7-13(17)15-2/h3-6,9H,7-8H2,1-2H3,(H,15,17). The SMILES string of the molecule is CNC(=O)Cc1csc(SCc2ccc(C)cc2)n1. The number of amides is 1. The van der Waals surface area contributed by atoms with Crippen molar-refractivity contribution in [2.24, 2.45) is 0 Å². The zero-order valence-electron chi connectivity index (χ0n) is 11.0. The van der Waals surface area contributed by atoms with Gasteiger partial charge in [0.25, 0.3) is 0 Å². The number of rotatable bonds is 5. The van der Waals surface area contributed by atoms with E-state index in [1.807, 2.05) is 5.38 Å². The molecular formula is C14H16N2OS2. The molecule has 0 unspecified atom stereocenters. The van der Waals surface area contributed by atoms with Gasteiger partial charge < -0.3 is 5.32 Å². The molecule has 0 bridgehead atoms. The van der Waals surface area contributed by atoms with E-state index in [1.165, 1.54) is 11.1 Å². The number of hydrogen-bond donors (Lipinski definition) is 1. The molecule has 5 heteroatoms. The van der Waals surface area contributed by atoms with Crippen molar-refractivity contribution in [1.29, 1.82) is 0 Å². The number of hydrogen-bond acceptors (Lipinski definition) is 4. The fourth-order valence-electron chi connectivity index (χ4n) is 1.52. The third-order valence-corrected chi connectivity index (χ3v) is 4.78. The van der Waals surface area contributed by atoms with Gasteiger partial charge in [0.1, 0.15) is 4.34 Å². The lowest BCUT2D eigenvalue weighted by Gasteiger charge is -1.99. The molecule has 0 spiro atoms. The van der Waals surface area contributed by atoms with E-state index in [9.17, 15) is 4.79 Å². The summed E-state index contributed by atoms with van der Waals surface area (Å²) < 4.78 is 1.01. The Kier molecular flexibility index (Phi) is 4.99. The van der Waals surface area contributed by atoms with Gasteiger partial charge in [0.2, 0.25) is 5.91 Å². The van der Waals surface area contributed by atoms with Crippen molar-refractivity contribution in [3.63, 3.8) is 0 Å². The average Bonchev–Trinajstić information content (AvgIpc) is 2.85. The molecule has 0 saturated carbocycles. The quantitative estimate of drug-likeness (QED) is 0.861. The highest BCUT2D eigenvalue weighted by atomic mass is 32.2. The third-order valence-electron chi connectivity index (χ3n) is 2.63. The fourth-order valence-corrected chi connectivity index (χ4v) is 3.32. The van der Waals surface area contributed by atoms with E-state index in [1.54, 1.807) is 30.1 Å². The number of carbonyl (C=O) groups excluding carboxylic acids is 1. The molecule has 1 N–H and O–H groups in total. The molecule has 100 valence electrons. The van der Waals surface area contributed by atoms with Gasteiger partial charge in [-0.15, -0.1) is 11.3 Å². The van der Waals surface area contributed by atoms with E-state index in [4.69, 9.17) is 0 Å². The zero-order valence-corrected chi connectivity index (χ0v) is 12.6. The maximum Gasteiger partial charge on any atom is 0.225 e. The second-order valence-corrected chi connectivity index (χ2v) is 6.31. The van der Waals surface area contributed by atoms with Gasteiger partial charge in [0.15, 0.2) is 0 Å². The minimum absolute atomic E-state index is 0.000356. The van der Waals surface area contributed by atoms with Crippen LogP contribution < -0.4 is 5.32 Å². The lowest BCUT2D eigenvalue weighted by atomic mass is 10.2. The number of benzene rings is 1. The first-order valence-corrected chi connectivity index (χ1v) is 7.87. The minimum Gasteiger partial charge on any atom is -0.359 e. The number of likely N-dealkylation sites (N-methyl/N-ethyl adjacent to an activating group) is 1. The molecular weight excluding hydrogens is 276 g/mol. The molecule has 1 heterocycles. The molecule has 0 aliphatic rings. The van der Waals surface area contributed by atoms with Crippen LogP contribution in [0.2, 0.25) is 0 Å². The lowest BCUT2D eigenvalue weighted by Crippen LogP contribution is -2.19. The van der Waals surface area contributed by atoms with Crippen LogP contribution in [0.4, 0.5) is 0 Å². The molecule has 2 aromatic rings. The second kappa shape index (κ2) is 6.73. The molecule has 3 nitrogen and oxygen atoms in total. The molecule has 2 rings (SSSR count). The van der Waals surface area contributed by atoms with Crippen LogP contribution in [-0.4, -0.2) is 17.9 Å². The third kappa shape index (κ3) is 4.36. The summed E-state index contributed by atoms with van der Waals surface area (Å²) in [6.45, 7) is 2.09. The van der Waals surface area contributed by atoms with Crippen molar-refractivity contribution in [3.8, 4) is 0 Å². The van der Waals surface area contributed by atoms with E-state index < -0.39 is 0 Å². The minimum atomic E-state index is 0.000356. The molecule has 0 radical (unpaired) electrons. The maximum atomic E-state index is 11.2. The van der Waals surface area contributed by atoms with E-state index in [0.717, 1.165) is 15.8 Å². The fraction of sp³-hybridized carbons (Fsp3) is 0.286. The number of nitrogens with one attached hydrogen (secondary N) is 1. The largest absolute Gasteiger partial charge is 0.359 e. The van der Waals surface area contributed by atoms with Gasteiger partial charge >= 0.3 is 0 Å². The van der Waals surface area contributed by atoms with Crippen molar-refractivity contribution in [1.82, 2.24) is 10.3 Å². The van der Waals surface area contributed by atoms with E-state index in [2.05, 4.69) is 41.5 Å². The summed E-state index contributed by atoms with van der Waals surface area (Å²) in [6.07, 6.45) is 0.359. The summed E-state index contributed by atoms with van der Waals surface area (Å²) in [5.41, 5.74) is 3.41. The Balaban J connectivity index is 1.89. The number of thioether (sulfide) groups is 1. The first-order chi connectivity index (χ1) is 9.17. The van der Waals surface area contributed by atoms with Gasteiger partial charge in [-0.05, 0) is 12.5 Å². The molecule has 1 aromatic carbocycles. The van der Waals surface area contributed by atoms with Gasteiger partial charge in [-0.1, -0.05) is 41.6 Å². The lowest BCUT2D eigenvalue weighted by molar-refractivity contribution is -0.120. The van der Waals surface area contributed by atoms with Crippen molar-refractivity contribution in [3.05, 3.63) is 46.5 Å². The summed E-state index contributed by atoms with van der Waals surface area (Å²) in [7, 11) is 1.64. The number of aryl methyl sites for hydroxylation is 1. The highest BCUT2D eigenvalue weighted by molar-refractivity contribution is 8.00. The molecule has 1 amide bonds. The van der Waals surface area contributed by atoms with E-state index >= 15 is 0 Å². The van der Waals surface area contributed by atoms with Crippen LogP contribution in [0.15, 0.2) is 34.0 Å². The predicted octanol–water partition coefficient (Wildman–Crippen LogP) is 3.03. The Morgan fingerprint density at radius 1 is 1.37 bits per heavy atom. The van der Waals surface area contributed by atoms with E-state index in [-0.39, 0.29) is 5.91 Å². The Morgan fingerprint density at radius 3 is 2.79 bits per heavy atom. The first kappa shape index (κ1) is 14.1. The van der Waals surface area contributed by atoms with Crippen LogP contribution in [0.5, 0.6) is 0 Å². The van der Waals surface area contributed by atoms with Gasteiger partial charge in [0.05, 0.1) is 12.1 Å². The topological polar surface area (TPSA) is 42.0 Å². The van der Waals surface area contributed by atoms with Gasteiger partial charge in [0, 0.05) is 18.2 Å². The molecule has 0 fully saturated rings. The molecule has 0 atom stereocenters. The number of nitrogens with zero attached hydrogens (tertiary/aromatic N) is 1. The van der Waals surface area contributed by atoms with Crippen LogP contribution in [0.1, 0.15) is 16.8 Å². The smallest absolute Gasteiger partial charge is 0.225 e. The van der Waals surface area contributed by atoms with Gasteiger partial charge in [-0.2, -0.15) is 0 Å². The summed E-state index contributed by atoms with van der Waals surface area (Å²) in [4.78, 5) is 15.7.